The van der Waals surface area contributed by atoms with E-state index in [2.05, 4.69) is 33.5 Å². The number of Topliss-reactive ketones (excluding diaryl/α,β-unsaturated/α-hetero) is 1. The standard InChI is InChI=1S/C22H42N4O8S/c1-3-20(28)24-8-10-31-12-15-34-17-22(30)25-9-11-32-13-14-33-16-21(29)23-7-5-4-6-19(26-35)18(2)27/h19,26,35H,3-17H2,1-2H3,(H,23,29)(H,24,28)(H,25,30). The number of nitrogens with one attached hydrogen (secondary N) is 4. The SMILES string of the molecule is CCC(=O)NCCOCCOCC(=O)NCCOCCOCC(=O)NCCCCC(NS)C(C)=O. The molecule has 204 valence electrons. The van der Waals surface area contributed by atoms with Crippen molar-refractivity contribution in [1.29, 1.82) is 0 Å². The molecule has 0 bridgehead atoms. The molecule has 0 aromatic rings. The van der Waals surface area contributed by atoms with Crippen LogP contribution in [0.15, 0.2) is 0 Å². The Kier molecular flexibility index (Phi) is 22.7. The van der Waals surface area contributed by atoms with Gasteiger partial charge in [0.25, 0.3) is 0 Å². The van der Waals surface area contributed by atoms with Gasteiger partial charge in [0.15, 0.2) is 0 Å². The molecule has 3 amide bonds. The number of unbranched alkanes of at least 4 members (excludes halogenated alkanes) is 1. The van der Waals surface area contributed by atoms with Gasteiger partial charge >= 0.3 is 0 Å². The summed E-state index contributed by atoms with van der Waals surface area (Å²) >= 11 is 3.93. The Hall–Kier alpha value is -1.77. The fourth-order valence-corrected chi connectivity index (χ4v) is 2.89. The van der Waals surface area contributed by atoms with Crippen molar-refractivity contribution in [3.63, 3.8) is 0 Å². The smallest absolute Gasteiger partial charge is 0.246 e. The number of hydrogen-bond acceptors (Lipinski definition) is 10. The second kappa shape index (κ2) is 23.9. The summed E-state index contributed by atoms with van der Waals surface area (Å²) in [4.78, 5) is 45.6. The number of rotatable bonds is 24. The van der Waals surface area contributed by atoms with E-state index in [-0.39, 0.29) is 56.0 Å². The fraction of sp³-hybridized carbons (Fsp3) is 0.818. The predicted molar refractivity (Wildman–Crippen MR) is 133 cm³/mol. The van der Waals surface area contributed by atoms with Crippen LogP contribution in [-0.2, 0) is 38.1 Å². The van der Waals surface area contributed by atoms with Crippen LogP contribution in [0, 0.1) is 0 Å². The predicted octanol–water partition coefficient (Wildman–Crippen LogP) is -0.626. The first kappa shape index (κ1) is 33.2. The van der Waals surface area contributed by atoms with Gasteiger partial charge in [0.2, 0.25) is 17.7 Å². The quantitative estimate of drug-likeness (QED) is 0.0824. The van der Waals surface area contributed by atoms with Crippen LogP contribution in [0.1, 0.15) is 39.5 Å². The highest BCUT2D eigenvalue weighted by Crippen LogP contribution is 2.02. The van der Waals surface area contributed by atoms with Crippen molar-refractivity contribution < 1.29 is 38.1 Å². The lowest BCUT2D eigenvalue weighted by Crippen LogP contribution is -2.32. The lowest BCUT2D eigenvalue weighted by Gasteiger charge is -2.11. The normalized spacial score (nSPS) is 11.6. The molecule has 0 heterocycles. The molecule has 0 aliphatic carbocycles. The van der Waals surface area contributed by atoms with Gasteiger partial charge in [0.1, 0.15) is 19.0 Å². The number of carbonyl (C=O) groups is 4. The van der Waals surface area contributed by atoms with E-state index in [4.69, 9.17) is 18.9 Å². The molecule has 0 fully saturated rings. The lowest BCUT2D eigenvalue weighted by atomic mass is 10.1. The van der Waals surface area contributed by atoms with Crippen LogP contribution < -0.4 is 20.7 Å². The summed E-state index contributed by atoms with van der Waals surface area (Å²) < 4.78 is 23.7. The molecule has 1 unspecified atom stereocenters. The highest BCUT2D eigenvalue weighted by molar-refractivity contribution is 7.78. The van der Waals surface area contributed by atoms with Crippen molar-refractivity contribution in [1.82, 2.24) is 20.7 Å². The Morgan fingerprint density at radius 2 is 1.17 bits per heavy atom. The van der Waals surface area contributed by atoms with Gasteiger partial charge in [-0.1, -0.05) is 19.7 Å². The Morgan fingerprint density at radius 1 is 0.686 bits per heavy atom. The van der Waals surface area contributed by atoms with E-state index >= 15 is 0 Å². The van der Waals surface area contributed by atoms with E-state index in [1.54, 1.807) is 6.92 Å². The Morgan fingerprint density at radius 3 is 1.66 bits per heavy atom. The van der Waals surface area contributed by atoms with Gasteiger partial charge in [-0.15, -0.1) is 0 Å². The van der Waals surface area contributed by atoms with Crippen molar-refractivity contribution in [3.05, 3.63) is 0 Å². The van der Waals surface area contributed by atoms with Crippen molar-refractivity contribution in [2.45, 2.75) is 45.6 Å². The van der Waals surface area contributed by atoms with E-state index < -0.39 is 0 Å². The number of carbonyl (C=O) groups excluding carboxylic acids is 4. The van der Waals surface area contributed by atoms with Crippen LogP contribution in [0.3, 0.4) is 0 Å². The lowest BCUT2D eigenvalue weighted by molar-refractivity contribution is -0.127. The average molecular weight is 523 g/mol. The zero-order valence-corrected chi connectivity index (χ0v) is 21.8. The summed E-state index contributed by atoms with van der Waals surface area (Å²) in [5, 5.41) is 8.11. The zero-order chi connectivity index (χ0) is 26.2. The van der Waals surface area contributed by atoms with Crippen LogP contribution in [0.25, 0.3) is 0 Å². The summed E-state index contributed by atoms with van der Waals surface area (Å²) in [5.41, 5.74) is 0. The van der Waals surface area contributed by atoms with Gasteiger partial charge in [-0.3, -0.25) is 23.9 Å². The van der Waals surface area contributed by atoms with Gasteiger partial charge in [0.05, 0.1) is 45.7 Å². The maximum absolute atomic E-state index is 11.7. The number of ether oxygens (including phenoxy) is 4. The van der Waals surface area contributed by atoms with E-state index in [1.165, 1.54) is 6.92 Å². The average Bonchev–Trinajstić information content (AvgIpc) is 2.84. The van der Waals surface area contributed by atoms with E-state index in [0.29, 0.717) is 58.9 Å². The van der Waals surface area contributed by atoms with Crippen LogP contribution >= 0.6 is 12.8 Å². The van der Waals surface area contributed by atoms with Crippen LogP contribution in [0.4, 0.5) is 0 Å². The maximum Gasteiger partial charge on any atom is 0.246 e. The summed E-state index contributed by atoms with van der Waals surface area (Å²) in [5.74, 6) is -0.440. The third-order valence-corrected chi connectivity index (χ3v) is 4.87. The third-order valence-electron chi connectivity index (χ3n) is 4.56. The Labute approximate surface area is 213 Å². The highest BCUT2D eigenvalue weighted by atomic mass is 32.1. The maximum atomic E-state index is 11.7. The number of hydrogen-bond donors (Lipinski definition) is 5. The second-order valence-electron chi connectivity index (χ2n) is 7.52. The first-order valence-electron chi connectivity index (χ1n) is 11.9. The molecule has 13 heteroatoms. The minimum absolute atomic E-state index is 0.0206. The van der Waals surface area contributed by atoms with Crippen molar-refractivity contribution in [2.75, 3.05) is 72.5 Å². The molecule has 4 N–H and O–H groups in total. The number of ketones is 1. The molecular formula is C22H42N4O8S. The van der Waals surface area contributed by atoms with E-state index in [0.717, 1.165) is 12.8 Å². The Bertz CT molecular complexity index is 598. The van der Waals surface area contributed by atoms with Gasteiger partial charge in [0, 0.05) is 26.1 Å². The molecule has 0 saturated carbocycles. The first-order valence-corrected chi connectivity index (χ1v) is 12.4. The molecule has 0 aliphatic heterocycles. The van der Waals surface area contributed by atoms with Crippen LogP contribution in [-0.4, -0.2) is 102 Å². The van der Waals surface area contributed by atoms with Crippen molar-refractivity contribution in [2.24, 2.45) is 0 Å². The van der Waals surface area contributed by atoms with Crippen molar-refractivity contribution in [3.8, 4) is 0 Å². The summed E-state index contributed by atoms with van der Waals surface area (Å²) in [7, 11) is 0. The van der Waals surface area contributed by atoms with Gasteiger partial charge in [-0.05, 0) is 26.2 Å². The molecular weight excluding hydrogens is 480 g/mol. The Balaban J connectivity index is 3.39. The highest BCUT2D eigenvalue weighted by Gasteiger charge is 2.11. The second-order valence-corrected chi connectivity index (χ2v) is 7.78. The van der Waals surface area contributed by atoms with E-state index in [1.807, 2.05) is 0 Å². The minimum Gasteiger partial charge on any atom is -0.377 e. The van der Waals surface area contributed by atoms with Crippen molar-refractivity contribution >= 4 is 36.3 Å². The third kappa shape index (κ3) is 22.4. The summed E-state index contributed by atoms with van der Waals surface area (Å²) in [6.07, 6.45) is 2.68. The molecule has 0 saturated heterocycles. The molecule has 0 rings (SSSR count). The molecule has 0 spiro atoms. The molecule has 12 nitrogen and oxygen atoms in total. The first-order chi connectivity index (χ1) is 16.9. The molecule has 0 aromatic carbocycles. The zero-order valence-electron chi connectivity index (χ0n) is 20.9. The molecule has 35 heavy (non-hydrogen) atoms. The van der Waals surface area contributed by atoms with Crippen LogP contribution in [0.5, 0.6) is 0 Å². The largest absolute Gasteiger partial charge is 0.377 e. The van der Waals surface area contributed by atoms with Gasteiger partial charge < -0.3 is 34.9 Å². The van der Waals surface area contributed by atoms with E-state index in [9.17, 15) is 19.2 Å². The number of amides is 3. The summed E-state index contributed by atoms with van der Waals surface area (Å²) in [6.45, 7) is 6.38. The molecule has 0 radical (unpaired) electrons. The van der Waals surface area contributed by atoms with Gasteiger partial charge in [-0.2, -0.15) is 0 Å². The van der Waals surface area contributed by atoms with Crippen LogP contribution in [0.2, 0.25) is 0 Å². The summed E-state index contributed by atoms with van der Waals surface area (Å²) in [6, 6.07) is -0.261. The molecule has 0 aliphatic rings. The topological polar surface area (TPSA) is 153 Å². The monoisotopic (exact) mass is 522 g/mol. The van der Waals surface area contributed by atoms with Gasteiger partial charge in [-0.25, -0.2) is 0 Å². The minimum atomic E-state index is -0.261. The molecule has 0 aromatic heterocycles. The fourth-order valence-electron chi connectivity index (χ4n) is 2.58. The number of thiol groups is 1. The molecule has 1 atom stereocenters.